The summed E-state index contributed by atoms with van der Waals surface area (Å²) in [6.07, 6.45) is 4.42. The molecule has 2 rings (SSSR count). The number of hydrogen-bond acceptors (Lipinski definition) is 2. The molecule has 100 valence electrons. The molecule has 0 bridgehead atoms. The van der Waals surface area contributed by atoms with Crippen LogP contribution in [0.25, 0.3) is 0 Å². The maximum atomic E-state index is 12.3. The molecule has 0 spiro atoms. The molecule has 1 aromatic heterocycles. The third-order valence-corrected chi connectivity index (χ3v) is 6.92. The number of carbonyl (C=O) groups excluding carboxylic acids is 1. The Bertz CT molecular complexity index is 410. The number of alkyl halides is 2. The minimum absolute atomic E-state index is 0.0650. The molecule has 5 heteroatoms. The van der Waals surface area contributed by atoms with Crippen molar-refractivity contribution >= 4 is 49.1 Å². The predicted octanol–water partition coefficient (Wildman–Crippen LogP) is 3.91. The van der Waals surface area contributed by atoms with Gasteiger partial charge in [-0.15, -0.1) is 11.3 Å². The summed E-state index contributed by atoms with van der Waals surface area (Å²) in [5.41, 5.74) is 1.19. The van der Waals surface area contributed by atoms with Crippen molar-refractivity contribution in [2.75, 3.05) is 10.7 Å². The number of carbonyl (C=O) groups is 1. The van der Waals surface area contributed by atoms with Crippen molar-refractivity contribution in [2.45, 2.75) is 38.1 Å². The first-order valence-electron chi connectivity index (χ1n) is 6.20. The zero-order valence-electron chi connectivity index (χ0n) is 10.4. The number of fused-ring (bicyclic) bond motifs is 1. The van der Waals surface area contributed by atoms with Crippen LogP contribution in [-0.2, 0) is 12.8 Å². The minimum atomic E-state index is -0.189. The number of rotatable bonds is 5. The quantitative estimate of drug-likeness (QED) is 0.753. The largest absolute Gasteiger partial charge is 0.344 e. The lowest BCUT2D eigenvalue weighted by atomic mass is 10.0. The summed E-state index contributed by atoms with van der Waals surface area (Å²) < 4.78 is 0. The van der Waals surface area contributed by atoms with Crippen LogP contribution in [0.15, 0.2) is 6.07 Å². The maximum absolute atomic E-state index is 12.3. The van der Waals surface area contributed by atoms with Gasteiger partial charge >= 0.3 is 0 Å². The highest BCUT2D eigenvalue weighted by Gasteiger charge is 2.29. The summed E-state index contributed by atoms with van der Waals surface area (Å²) in [6, 6.07) is 2.07. The standard InChI is InChI=1S/C13H17Br2NOS/c1-2-13(7-14,8-15)16-12(17)11-6-9-4-3-5-10(9)18-11/h6H,2-5,7-8H2,1H3,(H,16,17). The SMILES string of the molecule is CCC(CBr)(CBr)NC(=O)c1cc2c(s1)CCC2. The van der Waals surface area contributed by atoms with E-state index in [2.05, 4.69) is 50.2 Å². The Kier molecular flexibility index (Phi) is 4.89. The van der Waals surface area contributed by atoms with Gasteiger partial charge in [-0.3, -0.25) is 4.79 Å². The summed E-state index contributed by atoms with van der Waals surface area (Å²) in [7, 11) is 0. The lowest BCUT2D eigenvalue weighted by molar-refractivity contribution is 0.0919. The average molecular weight is 395 g/mol. The monoisotopic (exact) mass is 393 g/mol. The molecule has 18 heavy (non-hydrogen) atoms. The fourth-order valence-corrected chi connectivity index (χ4v) is 5.27. The molecule has 0 saturated heterocycles. The number of amides is 1. The average Bonchev–Trinajstić information content (AvgIpc) is 2.96. The van der Waals surface area contributed by atoms with E-state index < -0.39 is 0 Å². The number of hydrogen-bond donors (Lipinski definition) is 1. The maximum Gasteiger partial charge on any atom is 0.261 e. The Morgan fingerprint density at radius 2 is 2.17 bits per heavy atom. The van der Waals surface area contributed by atoms with E-state index in [0.29, 0.717) is 0 Å². The van der Waals surface area contributed by atoms with Crippen LogP contribution in [0.3, 0.4) is 0 Å². The third-order valence-electron chi connectivity index (χ3n) is 3.54. The molecular formula is C13H17Br2NOS. The fourth-order valence-electron chi connectivity index (χ4n) is 2.12. The molecule has 1 aromatic rings. The number of halogens is 2. The van der Waals surface area contributed by atoms with Gasteiger partial charge in [0, 0.05) is 15.5 Å². The van der Waals surface area contributed by atoms with E-state index in [1.807, 2.05) is 0 Å². The molecule has 0 saturated carbocycles. The fraction of sp³-hybridized carbons (Fsp3) is 0.615. The first kappa shape index (κ1) is 14.5. The van der Waals surface area contributed by atoms with E-state index in [1.165, 1.54) is 16.9 Å². The van der Waals surface area contributed by atoms with Crippen molar-refractivity contribution < 1.29 is 4.79 Å². The molecule has 1 N–H and O–H groups in total. The molecule has 0 aromatic carbocycles. The van der Waals surface area contributed by atoms with Crippen molar-refractivity contribution in [2.24, 2.45) is 0 Å². The van der Waals surface area contributed by atoms with Crippen LogP contribution in [-0.4, -0.2) is 22.1 Å². The molecule has 0 atom stereocenters. The van der Waals surface area contributed by atoms with Crippen LogP contribution in [0.1, 0.15) is 39.9 Å². The lowest BCUT2D eigenvalue weighted by Crippen LogP contribution is -2.50. The van der Waals surface area contributed by atoms with Crippen molar-refractivity contribution in [1.82, 2.24) is 5.32 Å². The summed E-state index contributed by atoms with van der Waals surface area (Å²) in [4.78, 5) is 14.6. The second kappa shape index (κ2) is 6.06. The van der Waals surface area contributed by atoms with Gasteiger partial charge in [0.15, 0.2) is 0 Å². The highest BCUT2D eigenvalue weighted by molar-refractivity contribution is 9.09. The van der Waals surface area contributed by atoms with E-state index in [-0.39, 0.29) is 11.4 Å². The minimum Gasteiger partial charge on any atom is -0.344 e. The third kappa shape index (κ3) is 2.83. The van der Waals surface area contributed by atoms with Gasteiger partial charge in [0.2, 0.25) is 0 Å². The van der Waals surface area contributed by atoms with Gasteiger partial charge in [0.1, 0.15) is 0 Å². The second-order valence-electron chi connectivity index (χ2n) is 4.77. The van der Waals surface area contributed by atoms with Gasteiger partial charge in [-0.25, -0.2) is 0 Å². The molecule has 1 aliphatic rings. The van der Waals surface area contributed by atoms with E-state index in [1.54, 1.807) is 11.3 Å². The summed E-state index contributed by atoms with van der Waals surface area (Å²) in [5, 5.41) is 4.69. The Morgan fingerprint density at radius 1 is 1.44 bits per heavy atom. The normalized spacial score (nSPS) is 14.6. The molecule has 1 heterocycles. The zero-order valence-corrected chi connectivity index (χ0v) is 14.4. The number of thiophene rings is 1. The van der Waals surface area contributed by atoms with Gasteiger partial charge in [0.25, 0.3) is 5.91 Å². The van der Waals surface area contributed by atoms with Crippen molar-refractivity contribution in [3.8, 4) is 0 Å². The Balaban J connectivity index is 2.11. The highest BCUT2D eigenvalue weighted by atomic mass is 79.9. The van der Waals surface area contributed by atoms with E-state index in [0.717, 1.165) is 34.8 Å². The predicted molar refractivity (Wildman–Crippen MR) is 84.4 cm³/mol. The lowest BCUT2D eigenvalue weighted by Gasteiger charge is -2.29. The molecule has 0 radical (unpaired) electrons. The molecule has 1 amide bonds. The number of aryl methyl sites for hydroxylation is 2. The first-order chi connectivity index (χ1) is 8.64. The Morgan fingerprint density at radius 3 is 2.72 bits per heavy atom. The van der Waals surface area contributed by atoms with Crippen LogP contribution >= 0.6 is 43.2 Å². The van der Waals surface area contributed by atoms with E-state index in [4.69, 9.17) is 0 Å². The molecule has 1 aliphatic carbocycles. The van der Waals surface area contributed by atoms with Gasteiger partial charge in [-0.05, 0) is 37.3 Å². The topological polar surface area (TPSA) is 29.1 Å². The Hall–Kier alpha value is 0.130. The van der Waals surface area contributed by atoms with E-state index in [9.17, 15) is 4.79 Å². The van der Waals surface area contributed by atoms with Crippen LogP contribution < -0.4 is 5.32 Å². The van der Waals surface area contributed by atoms with Crippen LogP contribution in [0.2, 0.25) is 0 Å². The summed E-state index contributed by atoms with van der Waals surface area (Å²) in [5.74, 6) is 0.0650. The second-order valence-corrected chi connectivity index (χ2v) is 7.03. The summed E-state index contributed by atoms with van der Waals surface area (Å²) >= 11 is 8.65. The van der Waals surface area contributed by atoms with Crippen LogP contribution in [0.4, 0.5) is 0 Å². The van der Waals surface area contributed by atoms with Crippen LogP contribution in [0, 0.1) is 0 Å². The van der Waals surface area contributed by atoms with Gasteiger partial charge in [0.05, 0.1) is 10.4 Å². The van der Waals surface area contributed by atoms with Crippen molar-refractivity contribution in [3.63, 3.8) is 0 Å². The molecule has 0 fully saturated rings. The molecular weight excluding hydrogens is 378 g/mol. The van der Waals surface area contributed by atoms with Crippen molar-refractivity contribution in [3.05, 3.63) is 21.4 Å². The van der Waals surface area contributed by atoms with Gasteiger partial charge in [-0.1, -0.05) is 38.8 Å². The molecule has 0 unspecified atom stereocenters. The van der Waals surface area contributed by atoms with Crippen molar-refractivity contribution in [1.29, 1.82) is 0 Å². The molecule has 0 aliphatic heterocycles. The zero-order chi connectivity index (χ0) is 13.2. The highest BCUT2D eigenvalue weighted by Crippen LogP contribution is 2.31. The Labute approximate surface area is 129 Å². The van der Waals surface area contributed by atoms with E-state index >= 15 is 0 Å². The van der Waals surface area contributed by atoms with Crippen LogP contribution in [0.5, 0.6) is 0 Å². The number of nitrogens with one attached hydrogen (secondary N) is 1. The smallest absolute Gasteiger partial charge is 0.261 e. The van der Waals surface area contributed by atoms with Gasteiger partial charge in [-0.2, -0.15) is 0 Å². The van der Waals surface area contributed by atoms with Gasteiger partial charge < -0.3 is 5.32 Å². The summed E-state index contributed by atoms with van der Waals surface area (Å²) in [6.45, 7) is 2.09. The molecule has 2 nitrogen and oxygen atoms in total. The first-order valence-corrected chi connectivity index (χ1v) is 9.26.